The second kappa shape index (κ2) is 5.30. The van der Waals surface area contributed by atoms with Gasteiger partial charge in [-0.3, -0.25) is 4.79 Å². The van der Waals surface area contributed by atoms with E-state index in [1.165, 1.54) is 6.07 Å². The van der Waals surface area contributed by atoms with Gasteiger partial charge in [0.15, 0.2) is 0 Å². The van der Waals surface area contributed by atoms with Crippen molar-refractivity contribution in [1.82, 2.24) is 4.98 Å². The topological polar surface area (TPSA) is 63.0 Å². The molecule has 0 atom stereocenters. The summed E-state index contributed by atoms with van der Waals surface area (Å²) in [6.45, 7) is 0. The number of ether oxygens (including phenoxy) is 1. The van der Waals surface area contributed by atoms with Gasteiger partial charge in [-0.25, -0.2) is 13.8 Å². The van der Waals surface area contributed by atoms with E-state index in [4.69, 9.17) is 5.26 Å². The molecule has 0 aliphatic carbocycles. The second-order valence-electron chi connectivity index (χ2n) is 3.04. The molecule has 0 N–H and O–H groups in total. The van der Waals surface area contributed by atoms with Crippen LogP contribution in [0.5, 0.6) is 0 Å². The van der Waals surface area contributed by atoms with E-state index in [0.717, 1.165) is 13.2 Å². The summed E-state index contributed by atoms with van der Waals surface area (Å²) in [6, 6.07) is 2.28. The van der Waals surface area contributed by atoms with Crippen LogP contribution in [0.4, 0.5) is 13.2 Å². The number of pyridine rings is 1. The zero-order valence-corrected chi connectivity index (χ0v) is 8.71. The van der Waals surface area contributed by atoms with Crippen LogP contribution < -0.4 is 0 Å². The molecule has 4 nitrogen and oxygen atoms in total. The average molecular weight is 244 g/mol. The number of nitriles is 1. The van der Waals surface area contributed by atoms with E-state index in [1.807, 2.05) is 0 Å². The zero-order chi connectivity index (χ0) is 13.0. The fraction of sp³-hybridized carbons (Fsp3) is 0.300. The minimum Gasteiger partial charge on any atom is -0.469 e. The second-order valence-corrected chi connectivity index (χ2v) is 3.04. The standard InChI is InChI=1S/C10H7F3N2O2/c1-17-8(16)3-5-2-6(9(11)12)10(13)15-7(5)4-14/h2,9H,3H2,1H3. The van der Waals surface area contributed by atoms with Gasteiger partial charge in [-0.1, -0.05) is 0 Å². The van der Waals surface area contributed by atoms with Crippen LogP contribution in [-0.4, -0.2) is 18.1 Å². The Balaban J connectivity index is 3.23. The first-order chi connectivity index (χ1) is 7.99. The molecule has 1 aromatic rings. The molecule has 17 heavy (non-hydrogen) atoms. The lowest BCUT2D eigenvalue weighted by Crippen LogP contribution is -2.09. The predicted octanol–water partition coefficient (Wildman–Crippen LogP) is 1.75. The van der Waals surface area contributed by atoms with Gasteiger partial charge in [-0.05, 0) is 6.07 Å². The fourth-order valence-corrected chi connectivity index (χ4v) is 1.16. The highest BCUT2D eigenvalue weighted by Gasteiger charge is 2.20. The summed E-state index contributed by atoms with van der Waals surface area (Å²) in [5.74, 6) is -2.14. The number of hydrogen-bond acceptors (Lipinski definition) is 4. The first-order valence-electron chi connectivity index (χ1n) is 4.44. The van der Waals surface area contributed by atoms with Gasteiger partial charge in [-0.15, -0.1) is 0 Å². The monoisotopic (exact) mass is 244 g/mol. The molecule has 0 amide bonds. The molecule has 0 bridgehead atoms. The molecule has 0 saturated heterocycles. The van der Waals surface area contributed by atoms with Crippen molar-refractivity contribution in [3.05, 3.63) is 28.8 Å². The molecule has 1 heterocycles. The highest BCUT2D eigenvalue weighted by Crippen LogP contribution is 2.23. The van der Waals surface area contributed by atoms with E-state index in [0.29, 0.717) is 0 Å². The lowest BCUT2D eigenvalue weighted by atomic mass is 10.1. The van der Waals surface area contributed by atoms with E-state index in [1.54, 1.807) is 0 Å². The van der Waals surface area contributed by atoms with E-state index in [2.05, 4.69) is 9.72 Å². The Morgan fingerprint density at radius 3 is 2.76 bits per heavy atom. The van der Waals surface area contributed by atoms with E-state index >= 15 is 0 Å². The molecule has 0 aliphatic heterocycles. The van der Waals surface area contributed by atoms with Crippen LogP contribution in [0.15, 0.2) is 6.07 Å². The van der Waals surface area contributed by atoms with Crippen molar-refractivity contribution in [2.45, 2.75) is 12.8 Å². The number of esters is 1. The quantitative estimate of drug-likeness (QED) is 0.600. The van der Waals surface area contributed by atoms with E-state index < -0.39 is 36.0 Å². The Kier molecular flexibility index (Phi) is 4.04. The Hall–Kier alpha value is -2.10. The van der Waals surface area contributed by atoms with Crippen LogP contribution in [-0.2, 0) is 16.0 Å². The van der Waals surface area contributed by atoms with E-state index in [-0.39, 0.29) is 5.56 Å². The smallest absolute Gasteiger partial charge is 0.310 e. The highest BCUT2D eigenvalue weighted by atomic mass is 19.3. The van der Waals surface area contributed by atoms with Crippen LogP contribution in [0.1, 0.15) is 23.2 Å². The van der Waals surface area contributed by atoms with Crippen LogP contribution in [0.2, 0.25) is 0 Å². The number of alkyl halides is 2. The Bertz CT molecular complexity index is 483. The van der Waals surface area contributed by atoms with Crippen LogP contribution >= 0.6 is 0 Å². The number of methoxy groups -OCH3 is 1. The van der Waals surface area contributed by atoms with Gasteiger partial charge in [0.1, 0.15) is 11.8 Å². The number of carbonyl (C=O) groups excluding carboxylic acids is 1. The van der Waals surface area contributed by atoms with Crippen molar-refractivity contribution >= 4 is 5.97 Å². The third-order valence-electron chi connectivity index (χ3n) is 1.99. The minimum absolute atomic E-state index is 0.0870. The average Bonchev–Trinajstić information content (AvgIpc) is 2.30. The van der Waals surface area contributed by atoms with Gasteiger partial charge >= 0.3 is 5.97 Å². The third-order valence-corrected chi connectivity index (χ3v) is 1.99. The van der Waals surface area contributed by atoms with Crippen molar-refractivity contribution in [2.75, 3.05) is 7.11 Å². The maximum atomic E-state index is 13.0. The normalized spacial score (nSPS) is 10.1. The van der Waals surface area contributed by atoms with E-state index in [9.17, 15) is 18.0 Å². The van der Waals surface area contributed by atoms with Gasteiger partial charge in [0.2, 0.25) is 5.95 Å². The number of aromatic nitrogens is 1. The first-order valence-corrected chi connectivity index (χ1v) is 4.44. The van der Waals surface area contributed by atoms with Crippen LogP contribution in [0.3, 0.4) is 0 Å². The number of nitrogens with zero attached hydrogens (tertiary/aromatic N) is 2. The van der Waals surface area contributed by atoms with Gasteiger partial charge in [0.05, 0.1) is 19.1 Å². The number of rotatable bonds is 3. The molecule has 0 aliphatic rings. The van der Waals surface area contributed by atoms with Crippen molar-refractivity contribution in [1.29, 1.82) is 5.26 Å². The molecule has 7 heteroatoms. The Morgan fingerprint density at radius 1 is 1.65 bits per heavy atom. The molecule has 90 valence electrons. The zero-order valence-electron chi connectivity index (χ0n) is 8.71. The summed E-state index contributed by atoms with van der Waals surface area (Å²) in [4.78, 5) is 14.1. The maximum Gasteiger partial charge on any atom is 0.310 e. The van der Waals surface area contributed by atoms with Gasteiger partial charge in [-0.2, -0.15) is 9.65 Å². The summed E-state index contributed by atoms with van der Waals surface area (Å²) in [7, 11) is 1.11. The summed E-state index contributed by atoms with van der Waals surface area (Å²) >= 11 is 0. The van der Waals surface area contributed by atoms with Crippen molar-refractivity contribution in [3.8, 4) is 6.07 Å². The SMILES string of the molecule is COC(=O)Cc1cc(C(F)F)c(F)nc1C#N. The lowest BCUT2D eigenvalue weighted by molar-refractivity contribution is -0.139. The molecule has 0 radical (unpaired) electrons. The fourth-order valence-electron chi connectivity index (χ4n) is 1.16. The Morgan fingerprint density at radius 2 is 2.29 bits per heavy atom. The molecule has 0 spiro atoms. The molecular formula is C10H7F3N2O2. The van der Waals surface area contributed by atoms with Gasteiger partial charge < -0.3 is 4.74 Å². The molecule has 0 fully saturated rings. The molecule has 0 saturated carbocycles. The number of hydrogen-bond donors (Lipinski definition) is 0. The number of carbonyl (C=O) groups is 1. The summed E-state index contributed by atoms with van der Waals surface area (Å²) in [5, 5.41) is 8.64. The molecule has 1 aromatic heterocycles. The maximum absolute atomic E-state index is 13.0. The highest BCUT2D eigenvalue weighted by molar-refractivity contribution is 5.73. The van der Waals surface area contributed by atoms with Crippen molar-refractivity contribution in [3.63, 3.8) is 0 Å². The molecule has 0 unspecified atom stereocenters. The van der Waals surface area contributed by atoms with Crippen LogP contribution in [0.25, 0.3) is 0 Å². The third kappa shape index (κ3) is 2.93. The van der Waals surface area contributed by atoms with Gasteiger partial charge in [0.25, 0.3) is 6.43 Å². The number of halogens is 3. The Labute approximate surface area is 94.6 Å². The van der Waals surface area contributed by atoms with Crippen molar-refractivity contribution < 1.29 is 22.7 Å². The lowest BCUT2D eigenvalue weighted by Gasteiger charge is -2.06. The molecular weight excluding hydrogens is 237 g/mol. The summed E-state index contributed by atoms with van der Waals surface area (Å²) in [5.41, 5.74) is -1.43. The predicted molar refractivity (Wildman–Crippen MR) is 49.6 cm³/mol. The summed E-state index contributed by atoms with van der Waals surface area (Å²) < 4.78 is 42.1. The summed E-state index contributed by atoms with van der Waals surface area (Å²) in [6.07, 6.45) is -3.47. The van der Waals surface area contributed by atoms with Crippen LogP contribution in [0, 0.1) is 17.3 Å². The van der Waals surface area contributed by atoms with Crippen molar-refractivity contribution in [2.24, 2.45) is 0 Å². The van der Waals surface area contributed by atoms with Gasteiger partial charge in [0, 0.05) is 5.56 Å². The molecule has 1 rings (SSSR count). The minimum atomic E-state index is -3.06. The largest absolute Gasteiger partial charge is 0.469 e. The molecule has 0 aromatic carbocycles. The first kappa shape index (κ1) is 13.0.